The number of aromatic amines is 1. The Bertz CT molecular complexity index is 246. The topological polar surface area (TPSA) is 54.7 Å². The molecule has 0 spiro atoms. The highest BCUT2D eigenvalue weighted by Gasteiger charge is 1.92. The largest absolute Gasteiger partial charge is 0.396 e. The number of rotatable bonds is 0. The average Bonchev–Trinajstić information content (AvgIpc) is 1.83. The third-order valence-electron chi connectivity index (χ3n) is 0.832. The van der Waals surface area contributed by atoms with Crippen molar-refractivity contribution < 1.29 is 0 Å². The minimum atomic E-state index is 0.534. The van der Waals surface area contributed by atoms with Gasteiger partial charge in [0, 0.05) is 6.20 Å². The fourth-order valence-corrected chi connectivity index (χ4v) is 0.830. The fraction of sp³-hybridized carbons (Fsp3) is 0. The molecule has 0 aliphatic rings. The molecule has 48 valence electrons. The first kappa shape index (κ1) is 6.70. The molecule has 0 bridgehead atoms. The predicted molar refractivity (Wildman–Crippen MR) is 41.5 cm³/mol. The maximum Gasteiger partial charge on any atom is 0.146 e. The molecule has 0 radical (unpaired) electrons. The maximum atomic E-state index is 5.42. The van der Waals surface area contributed by atoms with E-state index in [0.717, 1.165) is 0 Å². The summed E-state index contributed by atoms with van der Waals surface area (Å²) in [6.45, 7) is 0. The fourth-order valence-electron chi connectivity index (χ4n) is 0.394. The molecule has 0 atom stereocenters. The average molecular weight is 206 g/mol. The number of anilines is 1. The van der Waals surface area contributed by atoms with Crippen molar-refractivity contribution in [2.24, 2.45) is 0 Å². The highest BCUT2D eigenvalue weighted by atomic mass is 79.9. The van der Waals surface area contributed by atoms with Crippen molar-refractivity contribution in [3.05, 3.63) is 15.3 Å². The van der Waals surface area contributed by atoms with E-state index in [2.05, 4.69) is 26.1 Å². The van der Waals surface area contributed by atoms with Crippen LogP contribution in [0.2, 0.25) is 0 Å². The first-order chi connectivity index (χ1) is 4.22. The molecule has 1 rings (SSSR count). The summed E-state index contributed by atoms with van der Waals surface area (Å²) in [6.07, 6.45) is 1.55. The van der Waals surface area contributed by atoms with Crippen LogP contribution in [0.15, 0.2) is 10.8 Å². The number of H-pyrrole nitrogens is 1. The summed E-state index contributed by atoms with van der Waals surface area (Å²) in [4.78, 5) is 0. The minimum absolute atomic E-state index is 0.534. The lowest BCUT2D eigenvalue weighted by atomic mass is 10.5. The van der Waals surface area contributed by atoms with Gasteiger partial charge in [-0.3, -0.25) is 5.10 Å². The normalized spacial score (nSPS) is 9.44. The van der Waals surface area contributed by atoms with Crippen molar-refractivity contribution in [2.45, 2.75) is 0 Å². The summed E-state index contributed by atoms with van der Waals surface area (Å²) in [5.41, 5.74) is 5.95. The molecule has 5 heteroatoms. The molecule has 3 N–H and O–H groups in total. The lowest BCUT2D eigenvalue weighted by molar-refractivity contribution is 1.00. The van der Waals surface area contributed by atoms with Crippen LogP contribution in [0.3, 0.4) is 0 Å². The zero-order valence-corrected chi connectivity index (χ0v) is 6.79. The van der Waals surface area contributed by atoms with Crippen molar-refractivity contribution in [3.8, 4) is 0 Å². The summed E-state index contributed by atoms with van der Waals surface area (Å²) in [5.74, 6) is 0. The van der Waals surface area contributed by atoms with Gasteiger partial charge in [-0.15, -0.1) is 0 Å². The molecule has 0 aliphatic carbocycles. The summed E-state index contributed by atoms with van der Waals surface area (Å²) < 4.78 is 1.13. The number of hydrogen-bond donors (Lipinski definition) is 2. The van der Waals surface area contributed by atoms with Gasteiger partial charge in [0.1, 0.15) is 4.60 Å². The third-order valence-corrected chi connectivity index (χ3v) is 2.10. The zero-order chi connectivity index (χ0) is 6.85. The molecule has 0 amide bonds. The van der Waals surface area contributed by atoms with E-state index in [1.54, 1.807) is 6.20 Å². The molecule has 1 heterocycles. The Hall–Kier alpha value is -0.420. The lowest BCUT2D eigenvalue weighted by Crippen LogP contribution is -1.90. The monoisotopic (exact) mass is 205 g/mol. The van der Waals surface area contributed by atoms with E-state index in [1.807, 2.05) is 0 Å². The molecule has 1 aromatic heterocycles. The molecular formula is C4H4BrN3S. The Morgan fingerprint density at radius 1 is 1.78 bits per heavy atom. The van der Waals surface area contributed by atoms with E-state index in [-0.39, 0.29) is 0 Å². The number of nitrogens with two attached hydrogens (primary N) is 1. The predicted octanol–water partition coefficient (Wildman–Crippen LogP) is 1.48. The quantitative estimate of drug-likeness (QED) is 0.632. The maximum absolute atomic E-state index is 5.42. The highest BCUT2D eigenvalue weighted by Crippen LogP contribution is 2.11. The van der Waals surface area contributed by atoms with Gasteiger partial charge in [0.2, 0.25) is 0 Å². The molecule has 0 unspecified atom stereocenters. The molecular weight excluding hydrogens is 202 g/mol. The van der Waals surface area contributed by atoms with E-state index in [1.165, 1.54) is 0 Å². The van der Waals surface area contributed by atoms with Crippen molar-refractivity contribution in [2.75, 3.05) is 5.73 Å². The van der Waals surface area contributed by atoms with Gasteiger partial charge in [-0.2, -0.15) is 5.10 Å². The lowest BCUT2D eigenvalue weighted by Gasteiger charge is -1.91. The second kappa shape index (κ2) is 2.45. The summed E-state index contributed by atoms with van der Waals surface area (Å²) in [7, 11) is 0. The van der Waals surface area contributed by atoms with Gasteiger partial charge in [0.05, 0.1) is 10.2 Å². The molecule has 0 aromatic carbocycles. The van der Waals surface area contributed by atoms with Crippen molar-refractivity contribution >= 4 is 33.8 Å². The van der Waals surface area contributed by atoms with E-state index < -0.39 is 0 Å². The summed E-state index contributed by atoms with van der Waals surface area (Å²) in [5, 5.41) is 6.33. The van der Waals surface area contributed by atoms with Gasteiger partial charge in [-0.05, 0) is 15.9 Å². The standard InChI is InChI=1S/C4H4BrN3S/c5-4-3(9)2(6)1-7-8-4/h1H,(H2,6,8)(H,7,9). The van der Waals surface area contributed by atoms with Crippen LogP contribution in [0.25, 0.3) is 0 Å². The number of aromatic nitrogens is 2. The molecule has 0 fully saturated rings. The van der Waals surface area contributed by atoms with Crippen molar-refractivity contribution in [1.82, 2.24) is 10.2 Å². The van der Waals surface area contributed by atoms with Crippen LogP contribution in [0, 0.1) is 4.51 Å². The molecule has 3 nitrogen and oxygen atoms in total. The molecule has 0 saturated heterocycles. The van der Waals surface area contributed by atoms with E-state index in [4.69, 9.17) is 18.0 Å². The molecule has 9 heavy (non-hydrogen) atoms. The van der Waals surface area contributed by atoms with Crippen LogP contribution in [0.4, 0.5) is 5.69 Å². The number of halogens is 1. The van der Waals surface area contributed by atoms with Crippen LogP contribution < -0.4 is 5.73 Å². The molecule has 0 aliphatic heterocycles. The summed E-state index contributed by atoms with van der Waals surface area (Å²) >= 11 is 7.96. The van der Waals surface area contributed by atoms with Gasteiger partial charge >= 0.3 is 0 Å². The summed E-state index contributed by atoms with van der Waals surface area (Å²) in [6, 6.07) is 0. The van der Waals surface area contributed by atoms with E-state index >= 15 is 0 Å². The zero-order valence-electron chi connectivity index (χ0n) is 4.39. The van der Waals surface area contributed by atoms with Gasteiger partial charge in [-0.1, -0.05) is 12.2 Å². The van der Waals surface area contributed by atoms with Gasteiger partial charge in [-0.25, -0.2) is 0 Å². The Kier molecular flexibility index (Phi) is 1.82. The van der Waals surface area contributed by atoms with Crippen LogP contribution in [-0.4, -0.2) is 10.2 Å². The third kappa shape index (κ3) is 1.28. The number of nitrogen functional groups attached to an aromatic ring is 1. The molecule has 1 aromatic rings. The van der Waals surface area contributed by atoms with E-state index in [0.29, 0.717) is 14.8 Å². The second-order valence-corrected chi connectivity index (χ2v) is 2.62. The van der Waals surface area contributed by atoms with Crippen molar-refractivity contribution in [1.29, 1.82) is 0 Å². The van der Waals surface area contributed by atoms with Gasteiger partial charge in [0.15, 0.2) is 0 Å². The van der Waals surface area contributed by atoms with E-state index in [9.17, 15) is 0 Å². The first-order valence-electron chi connectivity index (χ1n) is 2.21. The Morgan fingerprint density at radius 2 is 2.44 bits per heavy atom. The van der Waals surface area contributed by atoms with Gasteiger partial charge < -0.3 is 5.73 Å². The van der Waals surface area contributed by atoms with Crippen LogP contribution in [0.5, 0.6) is 0 Å². The SMILES string of the molecule is Nc1c[nH]nc(Br)c1=S. The Labute approximate surface area is 65.4 Å². The van der Waals surface area contributed by atoms with Crippen LogP contribution in [-0.2, 0) is 0 Å². The molecule has 0 saturated carbocycles. The number of nitrogens with one attached hydrogen (secondary N) is 1. The second-order valence-electron chi connectivity index (χ2n) is 1.46. The van der Waals surface area contributed by atoms with Crippen molar-refractivity contribution in [3.63, 3.8) is 0 Å². The van der Waals surface area contributed by atoms with Crippen LogP contribution >= 0.6 is 28.1 Å². The minimum Gasteiger partial charge on any atom is -0.396 e. The first-order valence-corrected chi connectivity index (χ1v) is 3.41. The van der Waals surface area contributed by atoms with Crippen LogP contribution in [0.1, 0.15) is 0 Å². The Balaban J connectivity index is 3.43. The van der Waals surface area contributed by atoms with Gasteiger partial charge in [0.25, 0.3) is 0 Å². The smallest absolute Gasteiger partial charge is 0.146 e. The number of hydrogen-bond acceptors (Lipinski definition) is 3. The number of nitrogens with zero attached hydrogens (tertiary/aromatic N) is 1. The Morgan fingerprint density at radius 3 is 2.89 bits per heavy atom. The highest BCUT2D eigenvalue weighted by molar-refractivity contribution is 9.10.